The van der Waals surface area contributed by atoms with E-state index in [-0.39, 0.29) is 6.61 Å². The lowest BCUT2D eigenvalue weighted by Crippen LogP contribution is -2.02. The fraction of sp³-hybridized carbons (Fsp3) is 0.267. The van der Waals surface area contributed by atoms with Crippen LogP contribution in [0.15, 0.2) is 41.1 Å². The molecule has 6 heteroatoms. The summed E-state index contributed by atoms with van der Waals surface area (Å²) in [6.07, 6.45) is 3.57. The van der Waals surface area contributed by atoms with Crippen molar-refractivity contribution < 1.29 is 14.3 Å². The zero-order chi connectivity index (χ0) is 14.7. The van der Waals surface area contributed by atoms with E-state index < -0.39 is 0 Å². The SMILES string of the molecule is COc1ccc2oc(CNc3cnn(CCO)c3)cc2c1. The molecule has 3 rings (SSSR count). The van der Waals surface area contributed by atoms with Crippen LogP contribution in [0.4, 0.5) is 5.69 Å². The quantitative estimate of drug-likeness (QED) is 0.727. The molecule has 0 aliphatic heterocycles. The Morgan fingerprint density at radius 3 is 3.10 bits per heavy atom. The Morgan fingerprint density at radius 1 is 1.38 bits per heavy atom. The molecule has 1 aromatic carbocycles. The minimum atomic E-state index is 0.0759. The minimum Gasteiger partial charge on any atom is -0.497 e. The number of nitrogens with zero attached hydrogens (tertiary/aromatic N) is 2. The van der Waals surface area contributed by atoms with Gasteiger partial charge in [0.2, 0.25) is 0 Å². The number of fused-ring (bicyclic) bond motifs is 1. The lowest BCUT2D eigenvalue weighted by molar-refractivity contribution is 0.269. The van der Waals surface area contributed by atoms with Crippen LogP contribution in [-0.4, -0.2) is 28.6 Å². The number of anilines is 1. The van der Waals surface area contributed by atoms with Crippen LogP contribution in [0, 0.1) is 0 Å². The highest BCUT2D eigenvalue weighted by Gasteiger charge is 2.05. The van der Waals surface area contributed by atoms with Crippen molar-refractivity contribution in [2.24, 2.45) is 0 Å². The topological polar surface area (TPSA) is 72.5 Å². The number of methoxy groups -OCH3 is 1. The third kappa shape index (κ3) is 3.00. The average molecular weight is 287 g/mol. The zero-order valence-corrected chi connectivity index (χ0v) is 11.7. The van der Waals surface area contributed by atoms with Gasteiger partial charge in [-0.25, -0.2) is 0 Å². The number of furan rings is 1. The Kier molecular flexibility index (Phi) is 3.79. The monoisotopic (exact) mass is 287 g/mol. The predicted molar refractivity (Wildman–Crippen MR) is 79.4 cm³/mol. The Morgan fingerprint density at radius 2 is 2.29 bits per heavy atom. The van der Waals surface area contributed by atoms with Crippen molar-refractivity contribution in [1.29, 1.82) is 0 Å². The maximum Gasteiger partial charge on any atom is 0.134 e. The molecule has 0 radical (unpaired) electrons. The number of rotatable bonds is 6. The second-order valence-electron chi connectivity index (χ2n) is 4.69. The number of nitrogens with one attached hydrogen (secondary N) is 1. The van der Waals surface area contributed by atoms with Crippen LogP contribution in [0.1, 0.15) is 5.76 Å². The van der Waals surface area contributed by atoms with Crippen LogP contribution in [0.3, 0.4) is 0 Å². The van der Waals surface area contributed by atoms with Gasteiger partial charge < -0.3 is 19.6 Å². The number of aromatic nitrogens is 2. The summed E-state index contributed by atoms with van der Waals surface area (Å²) < 4.78 is 12.6. The predicted octanol–water partition coefficient (Wildman–Crippen LogP) is 2.24. The number of ether oxygens (including phenoxy) is 1. The second-order valence-corrected chi connectivity index (χ2v) is 4.69. The molecule has 2 heterocycles. The van der Waals surface area contributed by atoms with Gasteiger partial charge >= 0.3 is 0 Å². The Hall–Kier alpha value is -2.47. The minimum absolute atomic E-state index is 0.0759. The molecule has 0 amide bonds. The molecule has 2 N–H and O–H groups in total. The number of benzene rings is 1. The van der Waals surface area contributed by atoms with E-state index in [0.29, 0.717) is 13.1 Å². The van der Waals surface area contributed by atoms with Crippen molar-refractivity contribution in [2.45, 2.75) is 13.1 Å². The summed E-state index contributed by atoms with van der Waals surface area (Å²) >= 11 is 0. The standard InChI is InChI=1S/C15H17N3O3/c1-20-13-2-3-15-11(6-13)7-14(21-15)9-16-12-8-17-18(10-12)4-5-19/h2-3,6-8,10,16,19H,4-5,9H2,1H3. The van der Waals surface area contributed by atoms with Gasteiger partial charge in [0.15, 0.2) is 0 Å². The van der Waals surface area contributed by atoms with Crippen LogP contribution in [0.5, 0.6) is 5.75 Å². The van der Waals surface area contributed by atoms with Crippen LogP contribution < -0.4 is 10.1 Å². The van der Waals surface area contributed by atoms with Gasteiger partial charge in [0.1, 0.15) is 17.1 Å². The van der Waals surface area contributed by atoms with Crippen molar-refractivity contribution in [3.8, 4) is 5.75 Å². The molecule has 0 atom stereocenters. The summed E-state index contributed by atoms with van der Waals surface area (Å²) in [7, 11) is 1.65. The van der Waals surface area contributed by atoms with Gasteiger partial charge in [-0.2, -0.15) is 5.10 Å². The molecule has 0 unspecified atom stereocenters. The van der Waals surface area contributed by atoms with Crippen LogP contribution in [0.25, 0.3) is 11.0 Å². The molecule has 0 saturated carbocycles. The molecule has 0 aliphatic carbocycles. The lowest BCUT2D eigenvalue weighted by atomic mass is 10.2. The molecule has 0 spiro atoms. The van der Waals surface area contributed by atoms with E-state index in [0.717, 1.165) is 28.2 Å². The third-order valence-corrected chi connectivity index (χ3v) is 3.20. The fourth-order valence-electron chi connectivity index (χ4n) is 2.16. The van der Waals surface area contributed by atoms with Crippen molar-refractivity contribution >= 4 is 16.7 Å². The smallest absolute Gasteiger partial charge is 0.134 e. The first-order chi connectivity index (χ1) is 10.3. The Bertz CT molecular complexity index is 733. The normalized spacial score (nSPS) is 11.0. The molecule has 0 aliphatic rings. The zero-order valence-electron chi connectivity index (χ0n) is 11.7. The van der Waals surface area contributed by atoms with Gasteiger partial charge in [-0.3, -0.25) is 4.68 Å². The van der Waals surface area contributed by atoms with Gasteiger partial charge in [0, 0.05) is 11.6 Å². The van der Waals surface area contributed by atoms with Gasteiger partial charge in [0.05, 0.1) is 38.7 Å². The number of hydrogen-bond acceptors (Lipinski definition) is 5. The lowest BCUT2D eigenvalue weighted by Gasteiger charge is -1.99. The summed E-state index contributed by atoms with van der Waals surface area (Å²) in [6, 6.07) is 7.71. The molecule has 0 fully saturated rings. The average Bonchev–Trinajstić information content (AvgIpc) is 3.10. The maximum absolute atomic E-state index is 8.85. The van der Waals surface area contributed by atoms with Gasteiger partial charge in [-0.05, 0) is 24.3 Å². The highest BCUT2D eigenvalue weighted by atomic mass is 16.5. The Balaban J connectivity index is 1.69. The molecule has 2 aromatic heterocycles. The number of aliphatic hydroxyl groups is 1. The van der Waals surface area contributed by atoms with E-state index in [1.165, 1.54) is 0 Å². The van der Waals surface area contributed by atoms with E-state index in [1.54, 1.807) is 18.0 Å². The van der Waals surface area contributed by atoms with Crippen molar-refractivity contribution in [2.75, 3.05) is 19.0 Å². The van der Waals surface area contributed by atoms with E-state index in [4.69, 9.17) is 14.3 Å². The summed E-state index contributed by atoms with van der Waals surface area (Å²) in [5.41, 5.74) is 1.73. The third-order valence-electron chi connectivity index (χ3n) is 3.20. The van der Waals surface area contributed by atoms with Gasteiger partial charge in [0.25, 0.3) is 0 Å². The molecule has 0 saturated heterocycles. The van der Waals surface area contributed by atoms with Crippen LogP contribution in [0.2, 0.25) is 0 Å². The largest absolute Gasteiger partial charge is 0.497 e. The summed E-state index contributed by atoms with van der Waals surface area (Å²) in [6.45, 7) is 1.14. The summed E-state index contributed by atoms with van der Waals surface area (Å²) in [5.74, 6) is 1.65. The summed E-state index contributed by atoms with van der Waals surface area (Å²) in [4.78, 5) is 0. The van der Waals surface area contributed by atoms with Crippen molar-refractivity contribution in [3.63, 3.8) is 0 Å². The summed E-state index contributed by atoms with van der Waals surface area (Å²) in [5, 5.41) is 17.2. The van der Waals surface area contributed by atoms with Crippen LogP contribution >= 0.6 is 0 Å². The number of hydrogen-bond donors (Lipinski definition) is 2. The van der Waals surface area contributed by atoms with Crippen molar-refractivity contribution in [1.82, 2.24) is 9.78 Å². The van der Waals surface area contributed by atoms with Crippen molar-refractivity contribution in [3.05, 3.63) is 42.4 Å². The van der Waals surface area contributed by atoms with Gasteiger partial charge in [-0.1, -0.05) is 0 Å². The molecule has 0 bridgehead atoms. The highest BCUT2D eigenvalue weighted by Crippen LogP contribution is 2.24. The molecular formula is C15H17N3O3. The van der Waals surface area contributed by atoms with Gasteiger partial charge in [-0.15, -0.1) is 0 Å². The number of aliphatic hydroxyl groups excluding tert-OH is 1. The molecule has 110 valence electrons. The van der Waals surface area contributed by atoms with Crippen LogP contribution in [-0.2, 0) is 13.1 Å². The molecular weight excluding hydrogens is 270 g/mol. The van der Waals surface area contributed by atoms with E-state index in [9.17, 15) is 0 Å². The maximum atomic E-state index is 8.85. The van der Waals surface area contributed by atoms with E-state index in [1.807, 2.05) is 30.5 Å². The molecule has 6 nitrogen and oxygen atoms in total. The molecule has 3 aromatic rings. The first kappa shape index (κ1) is 13.5. The van der Waals surface area contributed by atoms with E-state index in [2.05, 4.69) is 10.4 Å². The first-order valence-corrected chi connectivity index (χ1v) is 6.72. The Labute approximate surface area is 121 Å². The molecule has 21 heavy (non-hydrogen) atoms. The second kappa shape index (κ2) is 5.88. The fourth-order valence-corrected chi connectivity index (χ4v) is 2.16. The first-order valence-electron chi connectivity index (χ1n) is 6.72. The van der Waals surface area contributed by atoms with E-state index >= 15 is 0 Å². The highest BCUT2D eigenvalue weighted by molar-refractivity contribution is 5.79.